The van der Waals surface area contributed by atoms with E-state index >= 15 is 0 Å². The van der Waals surface area contributed by atoms with E-state index in [1.165, 1.54) is 25.7 Å². The van der Waals surface area contributed by atoms with Crippen molar-refractivity contribution < 1.29 is 0 Å². The van der Waals surface area contributed by atoms with Gasteiger partial charge in [0.15, 0.2) is 0 Å². The molecule has 2 unspecified atom stereocenters. The Morgan fingerprint density at radius 1 is 1.27 bits per heavy atom. The van der Waals surface area contributed by atoms with E-state index < -0.39 is 0 Å². The molecule has 0 aliphatic carbocycles. The number of hydrogen-bond acceptors (Lipinski definition) is 1. The molecule has 2 fully saturated rings. The Bertz CT molecular complexity index is 179. The topological polar surface area (TPSA) is 12.0 Å². The van der Waals surface area contributed by atoms with Crippen LogP contribution in [0.5, 0.6) is 0 Å². The van der Waals surface area contributed by atoms with E-state index in [4.69, 9.17) is 0 Å². The zero-order valence-corrected chi connectivity index (χ0v) is 6.84. The van der Waals surface area contributed by atoms with Crippen LogP contribution in [0.15, 0.2) is 24.3 Å². The summed E-state index contributed by atoms with van der Waals surface area (Å²) in [6.45, 7) is 3.73. The number of hydrogen-bond donors (Lipinski definition) is 1. The average molecular weight is 149 g/mol. The van der Waals surface area contributed by atoms with Crippen LogP contribution in [0, 0.1) is 0 Å². The van der Waals surface area contributed by atoms with E-state index in [-0.39, 0.29) is 0 Å². The number of nitrogens with one attached hydrogen (secondary N) is 1. The van der Waals surface area contributed by atoms with Gasteiger partial charge in [-0.3, -0.25) is 0 Å². The molecule has 2 bridgehead atoms. The summed E-state index contributed by atoms with van der Waals surface area (Å²) in [5.74, 6) is 0. The molecule has 2 aliphatic heterocycles. The molecule has 2 saturated heterocycles. The maximum Gasteiger partial charge on any atom is 0.0108 e. The minimum atomic E-state index is 0.778. The normalized spacial score (nSPS) is 35.5. The number of allylic oxidation sites excluding steroid dienone is 2. The van der Waals surface area contributed by atoms with Crippen molar-refractivity contribution in [2.45, 2.75) is 37.8 Å². The van der Waals surface area contributed by atoms with Gasteiger partial charge in [0.05, 0.1) is 0 Å². The van der Waals surface area contributed by atoms with Crippen molar-refractivity contribution in [1.82, 2.24) is 5.32 Å². The monoisotopic (exact) mass is 149 g/mol. The van der Waals surface area contributed by atoms with Crippen LogP contribution < -0.4 is 5.32 Å². The second kappa shape index (κ2) is 2.82. The van der Waals surface area contributed by atoms with Crippen LogP contribution in [0.2, 0.25) is 0 Å². The maximum absolute atomic E-state index is 3.73. The fourth-order valence-corrected chi connectivity index (χ4v) is 2.24. The van der Waals surface area contributed by atoms with Crippen molar-refractivity contribution >= 4 is 0 Å². The van der Waals surface area contributed by atoms with Gasteiger partial charge >= 0.3 is 0 Å². The van der Waals surface area contributed by atoms with E-state index in [1.54, 1.807) is 5.57 Å². The Morgan fingerprint density at radius 3 is 2.45 bits per heavy atom. The molecular formula is C10H15N. The Morgan fingerprint density at radius 2 is 1.91 bits per heavy atom. The fourth-order valence-electron chi connectivity index (χ4n) is 2.24. The first kappa shape index (κ1) is 7.11. The highest BCUT2D eigenvalue weighted by molar-refractivity contribution is 5.17. The first-order valence-electron chi connectivity index (χ1n) is 4.45. The summed E-state index contributed by atoms with van der Waals surface area (Å²) in [5.41, 5.74) is 1.59. The lowest BCUT2D eigenvalue weighted by Gasteiger charge is -2.23. The van der Waals surface area contributed by atoms with Crippen LogP contribution in [0.1, 0.15) is 25.7 Å². The molecule has 2 atom stereocenters. The van der Waals surface area contributed by atoms with Gasteiger partial charge in [-0.15, -0.1) is 0 Å². The lowest BCUT2D eigenvalue weighted by molar-refractivity contribution is 0.474. The van der Waals surface area contributed by atoms with Gasteiger partial charge in [0.1, 0.15) is 0 Å². The first-order chi connectivity index (χ1) is 5.38. The average Bonchev–Trinajstić information content (AvgIpc) is 2.32. The third kappa shape index (κ3) is 1.38. The van der Waals surface area contributed by atoms with Gasteiger partial charge in [-0.2, -0.15) is 0 Å². The molecule has 0 aromatic carbocycles. The SMILES string of the molecule is C=CC=C1CC2CCC(C1)N2. The van der Waals surface area contributed by atoms with Gasteiger partial charge in [-0.25, -0.2) is 0 Å². The maximum atomic E-state index is 3.73. The molecule has 1 N–H and O–H groups in total. The lowest BCUT2D eigenvalue weighted by Crippen LogP contribution is -2.34. The highest BCUT2D eigenvalue weighted by Crippen LogP contribution is 2.30. The van der Waals surface area contributed by atoms with E-state index in [1.807, 2.05) is 6.08 Å². The van der Waals surface area contributed by atoms with Crippen LogP contribution >= 0.6 is 0 Å². The molecule has 0 spiro atoms. The van der Waals surface area contributed by atoms with Crippen LogP contribution in [-0.2, 0) is 0 Å². The molecule has 0 aromatic rings. The second-order valence-electron chi connectivity index (χ2n) is 3.61. The molecular weight excluding hydrogens is 134 g/mol. The Kier molecular flexibility index (Phi) is 1.82. The van der Waals surface area contributed by atoms with E-state index in [0.717, 1.165) is 12.1 Å². The minimum absolute atomic E-state index is 0.778. The van der Waals surface area contributed by atoms with Crippen molar-refractivity contribution in [3.05, 3.63) is 24.3 Å². The minimum Gasteiger partial charge on any atom is -0.311 e. The predicted octanol–water partition coefficient (Wildman–Crippen LogP) is 2.01. The lowest BCUT2D eigenvalue weighted by atomic mass is 9.99. The summed E-state index contributed by atoms with van der Waals surface area (Å²) in [6.07, 6.45) is 9.36. The van der Waals surface area contributed by atoms with Gasteiger partial charge in [-0.1, -0.05) is 24.3 Å². The van der Waals surface area contributed by atoms with Gasteiger partial charge in [-0.05, 0) is 25.7 Å². The van der Waals surface area contributed by atoms with Crippen molar-refractivity contribution in [1.29, 1.82) is 0 Å². The highest BCUT2D eigenvalue weighted by atomic mass is 15.0. The first-order valence-corrected chi connectivity index (χ1v) is 4.45. The van der Waals surface area contributed by atoms with E-state index in [0.29, 0.717) is 0 Å². The summed E-state index contributed by atoms with van der Waals surface area (Å²) in [4.78, 5) is 0. The number of piperidine rings is 1. The number of fused-ring (bicyclic) bond motifs is 2. The Labute approximate surface area is 68.2 Å². The molecule has 0 aromatic heterocycles. The van der Waals surface area contributed by atoms with Crippen LogP contribution in [0.25, 0.3) is 0 Å². The quantitative estimate of drug-likeness (QED) is 0.601. The molecule has 2 aliphatic rings. The van der Waals surface area contributed by atoms with Crippen LogP contribution in [0.3, 0.4) is 0 Å². The van der Waals surface area contributed by atoms with Crippen LogP contribution in [-0.4, -0.2) is 12.1 Å². The van der Waals surface area contributed by atoms with E-state index in [2.05, 4.69) is 18.0 Å². The zero-order chi connectivity index (χ0) is 7.68. The van der Waals surface area contributed by atoms with Crippen molar-refractivity contribution in [2.24, 2.45) is 0 Å². The molecule has 60 valence electrons. The largest absolute Gasteiger partial charge is 0.311 e. The molecule has 0 saturated carbocycles. The molecule has 0 amide bonds. The zero-order valence-electron chi connectivity index (χ0n) is 6.84. The summed E-state index contributed by atoms with van der Waals surface area (Å²) in [7, 11) is 0. The van der Waals surface area contributed by atoms with Gasteiger partial charge in [0.25, 0.3) is 0 Å². The fraction of sp³-hybridized carbons (Fsp3) is 0.600. The second-order valence-corrected chi connectivity index (χ2v) is 3.61. The summed E-state index contributed by atoms with van der Waals surface area (Å²) >= 11 is 0. The standard InChI is InChI=1S/C10H15N/c1-2-3-8-6-9-4-5-10(7-8)11-9/h2-3,9-11H,1,4-7H2. The highest BCUT2D eigenvalue weighted by Gasteiger charge is 2.29. The molecule has 11 heavy (non-hydrogen) atoms. The summed E-state index contributed by atoms with van der Waals surface area (Å²) in [5, 5.41) is 3.60. The molecule has 1 nitrogen and oxygen atoms in total. The molecule has 2 rings (SSSR count). The van der Waals surface area contributed by atoms with Crippen molar-refractivity contribution in [3.8, 4) is 0 Å². The number of rotatable bonds is 1. The smallest absolute Gasteiger partial charge is 0.0108 e. The Balaban J connectivity index is 2.07. The predicted molar refractivity (Wildman–Crippen MR) is 47.5 cm³/mol. The third-order valence-corrected chi connectivity index (χ3v) is 2.71. The summed E-state index contributed by atoms with van der Waals surface area (Å²) in [6, 6.07) is 1.56. The van der Waals surface area contributed by atoms with Crippen molar-refractivity contribution in [3.63, 3.8) is 0 Å². The Hall–Kier alpha value is -0.560. The molecule has 1 heteroatoms. The van der Waals surface area contributed by atoms with Gasteiger partial charge < -0.3 is 5.32 Å². The van der Waals surface area contributed by atoms with Crippen molar-refractivity contribution in [2.75, 3.05) is 0 Å². The van der Waals surface area contributed by atoms with Gasteiger partial charge in [0.2, 0.25) is 0 Å². The van der Waals surface area contributed by atoms with Gasteiger partial charge in [0, 0.05) is 12.1 Å². The van der Waals surface area contributed by atoms with Crippen LogP contribution in [0.4, 0.5) is 0 Å². The summed E-state index contributed by atoms with van der Waals surface area (Å²) < 4.78 is 0. The molecule has 2 heterocycles. The molecule has 0 radical (unpaired) electrons. The van der Waals surface area contributed by atoms with E-state index in [9.17, 15) is 0 Å². The third-order valence-electron chi connectivity index (χ3n) is 2.71.